The molecular formula is C19H21N3O2. The first-order valence-electron chi connectivity index (χ1n) is 8.20. The predicted octanol–water partition coefficient (Wildman–Crippen LogP) is 3.17. The number of nitrogens with zero attached hydrogens (tertiary/aromatic N) is 1. The van der Waals surface area contributed by atoms with Gasteiger partial charge in [0.1, 0.15) is 6.04 Å². The Labute approximate surface area is 141 Å². The third-order valence-corrected chi connectivity index (χ3v) is 4.10. The molecule has 1 fully saturated rings. The van der Waals surface area contributed by atoms with Gasteiger partial charge in [-0.25, -0.2) is 4.79 Å². The Balaban J connectivity index is 1.74. The normalized spacial score (nSPS) is 14.9. The lowest BCUT2D eigenvalue weighted by molar-refractivity contribution is -0.132. The molecular weight excluding hydrogens is 302 g/mol. The number of anilines is 1. The molecule has 124 valence electrons. The third kappa shape index (κ3) is 3.93. The molecule has 3 rings (SSSR count). The Hall–Kier alpha value is -2.82. The molecule has 0 aromatic heterocycles. The average molecular weight is 323 g/mol. The molecule has 3 amide bonds. The van der Waals surface area contributed by atoms with E-state index in [1.165, 1.54) is 0 Å². The van der Waals surface area contributed by atoms with E-state index >= 15 is 0 Å². The molecule has 0 bridgehead atoms. The minimum Gasteiger partial charge on any atom is -0.341 e. The number of amides is 3. The second-order valence-corrected chi connectivity index (χ2v) is 5.84. The van der Waals surface area contributed by atoms with Crippen molar-refractivity contribution in [2.24, 2.45) is 0 Å². The molecule has 1 atom stereocenters. The van der Waals surface area contributed by atoms with E-state index in [1.807, 2.05) is 53.4 Å². The zero-order valence-corrected chi connectivity index (χ0v) is 13.4. The van der Waals surface area contributed by atoms with Crippen LogP contribution in [0, 0.1) is 0 Å². The van der Waals surface area contributed by atoms with Crippen molar-refractivity contribution in [2.75, 3.05) is 18.4 Å². The highest BCUT2D eigenvalue weighted by atomic mass is 16.2. The van der Waals surface area contributed by atoms with Crippen LogP contribution >= 0.6 is 0 Å². The first-order valence-corrected chi connectivity index (χ1v) is 8.20. The maximum Gasteiger partial charge on any atom is 0.320 e. The molecule has 1 heterocycles. The number of hydrogen-bond donors (Lipinski definition) is 2. The Bertz CT molecular complexity index is 682. The van der Waals surface area contributed by atoms with Crippen LogP contribution in [0.3, 0.4) is 0 Å². The summed E-state index contributed by atoms with van der Waals surface area (Å²) < 4.78 is 0. The van der Waals surface area contributed by atoms with E-state index in [2.05, 4.69) is 10.6 Å². The van der Waals surface area contributed by atoms with Crippen molar-refractivity contribution in [3.8, 4) is 0 Å². The van der Waals surface area contributed by atoms with Gasteiger partial charge in [-0.15, -0.1) is 0 Å². The minimum absolute atomic E-state index is 0.0538. The molecule has 24 heavy (non-hydrogen) atoms. The van der Waals surface area contributed by atoms with Crippen molar-refractivity contribution in [3.05, 3.63) is 66.2 Å². The maximum absolute atomic E-state index is 12.8. The highest BCUT2D eigenvalue weighted by molar-refractivity contribution is 5.94. The van der Waals surface area contributed by atoms with Crippen LogP contribution in [0.5, 0.6) is 0 Å². The maximum atomic E-state index is 12.8. The first-order chi connectivity index (χ1) is 11.7. The average Bonchev–Trinajstić information content (AvgIpc) is 3.15. The van der Waals surface area contributed by atoms with Gasteiger partial charge in [0.15, 0.2) is 0 Å². The molecule has 2 aromatic carbocycles. The van der Waals surface area contributed by atoms with Crippen LogP contribution in [-0.4, -0.2) is 29.9 Å². The number of hydrogen-bond acceptors (Lipinski definition) is 2. The predicted molar refractivity (Wildman–Crippen MR) is 93.6 cm³/mol. The van der Waals surface area contributed by atoms with Crippen molar-refractivity contribution in [2.45, 2.75) is 18.9 Å². The summed E-state index contributed by atoms with van der Waals surface area (Å²) in [5.74, 6) is -0.0538. The monoisotopic (exact) mass is 323 g/mol. The Morgan fingerprint density at radius 1 is 0.875 bits per heavy atom. The Kier molecular flexibility index (Phi) is 5.11. The van der Waals surface area contributed by atoms with Gasteiger partial charge in [-0.05, 0) is 30.5 Å². The van der Waals surface area contributed by atoms with E-state index in [-0.39, 0.29) is 11.9 Å². The van der Waals surface area contributed by atoms with Gasteiger partial charge in [0.05, 0.1) is 0 Å². The van der Waals surface area contributed by atoms with E-state index in [9.17, 15) is 9.59 Å². The Morgan fingerprint density at radius 3 is 2.08 bits per heavy atom. The summed E-state index contributed by atoms with van der Waals surface area (Å²) in [6.45, 7) is 1.51. The van der Waals surface area contributed by atoms with Crippen molar-refractivity contribution < 1.29 is 9.59 Å². The highest BCUT2D eigenvalue weighted by Gasteiger charge is 2.29. The molecule has 2 aromatic rings. The fourth-order valence-corrected chi connectivity index (χ4v) is 2.87. The van der Waals surface area contributed by atoms with Gasteiger partial charge in [0.25, 0.3) is 0 Å². The molecule has 2 N–H and O–H groups in total. The van der Waals surface area contributed by atoms with E-state index in [0.29, 0.717) is 5.69 Å². The number of carbonyl (C=O) groups excluding carboxylic acids is 2. The summed E-state index contributed by atoms with van der Waals surface area (Å²) in [7, 11) is 0. The standard InChI is InChI=1S/C19H21N3O2/c23-18(22-13-7-8-14-22)17(15-9-3-1-4-10-15)21-19(24)20-16-11-5-2-6-12-16/h1-6,9-12,17H,7-8,13-14H2,(H2,20,21,24)/t17-/m0/s1. The van der Waals surface area contributed by atoms with Crippen LogP contribution in [0.25, 0.3) is 0 Å². The van der Waals surface area contributed by atoms with E-state index in [1.54, 1.807) is 12.1 Å². The van der Waals surface area contributed by atoms with Crippen LogP contribution in [0.1, 0.15) is 24.4 Å². The largest absolute Gasteiger partial charge is 0.341 e. The molecule has 0 saturated carbocycles. The minimum atomic E-state index is -0.673. The fraction of sp³-hybridized carbons (Fsp3) is 0.263. The number of urea groups is 1. The number of likely N-dealkylation sites (tertiary alicyclic amines) is 1. The van der Waals surface area contributed by atoms with Crippen molar-refractivity contribution in [1.29, 1.82) is 0 Å². The summed E-state index contributed by atoms with van der Waals surface area (Å²) in [6.07, 6.45) is 2.03. The number of nitrogens with one attached hydrogen (secondary N) is 2. The van der Waals surface area contributed by atoms with Crippen LogP contribution in [0.2, 0.25) is 0 Å². The first kappa shape index (κ1) is 16.1. The van der Waals surface area contributed by atoms with Crippen LogP contribution in [0.4, 0.5) is 10.5 Å². The van der Waals surface area contributed by atoms with Gasteiger partial charge in [-0.2, -0.15) is 0 Å². The van der Waals surface area contributed by atoms with Gasteiger partial charge in [-0.3, -0.25) is 4.79 Å². The summed E-state index contributed by atoms with van der Waals surface area (Å²) in [6, 6.07) is 17.5. The van der Waals surface area contributed by atoms with Crippen molar-refractivity contribution >= 4 is 17.6 Å². The topological polar surface area (TPSA) is 61.4 Å². The highest BCUT2D eigenvalue weighted by Crippen LogP contribution is 2.19. The summed E-state index contributed by atoms with van der Waals surface area (Å²) in [5.41, 5.74) is 1.48. The second-order valence-electron chi connectivity index (χ2n) is 5.84. The Morgan fingerprint density at radius 2 is 1.46 bits per heavy atom. The zero-order valence-electron chi connectivity index (χ0n) is 13.4. The number of benzene rings is 2. The van der Waals surface area contributed by atoms with E-state index in [0.717, 1.165) is 31.5 Å². The zero-order chi connectivity index (χ0) is 16.8. The van der Waals surface area contributed by atoms with E-state index < -0.39 is 6.04 Å². The molecule has 0 spiro atoms. The molecule has 0 unspecified atom stereocenters. The molecule has 1 aliphatic heterocycles. The number of para-hydroxylation sites is 1. The molecule has 1 aliphatic rings. The van der Waals surface area contributed by atoms with Gasteiger partial charge < -0.3 is 15.5 Å². The lowest BCUT2D eigenvalue weighted by Crippen LogP contribution is -2.43. The number of carbonyl (C=O) groups is 2. The number of rotatable bonds is 4. The molecule has 0 aliphatic carbocycles. The summed E-state index contributed by atoms with van der Waals surface area (Å²) in [5, 5.41) is 5.58. The molecule has 1 saturated heterocycles. The van der Waals surface area contributed by atoms with Crippen molar-refractivity contribution in [1.82, 2.24) is 10.2 Å². The van der Waals surface area contributed by atoms with Crippen LogP contribution in [-0.2, 0) is 4.79 Å². The molecule has 5 nitrogen and oxygen atoms in total. The second kappa shape index (κ2) is 7.64. The summed E-state index contributed by atoms with van der Waals surface area (Å²) >= 11 is 0. The van der Waals surface area contributed by atoms with Gasteiger partial charge >= 0.3 is 6.03 Å². The van der Waals surface area contributed by atoms with Crippen LogP contribution < -0.4 is 10.6 Å². The van der Waals surface area contributed by atoms with E-state index in [4.69, 9.17) is 0 Å². The lowest BCUT2D eigenvalue weighted by atomic mass is 10.1. The quantitative estimate of drug-likeness (QED) is 0.908. The van der Waals surface area contributed by atoms with Gasteiger partial charge in [0.2, 0.25) is 5.91 Å². The van der Waals surface area contributed by atoms with Gasteiger partial charge in [0, 0.05) is 18.8 Å². The van der Waals surface area contributed by atoms with Gasteiger partial charge in [-0.1, -0.05) is 48.5 Å². The smallest absolute Gasteiger partial charge is 0.320 e. The fourth-order valence-electron chi connectivity index (χ4n) is 2.87. The lowest BCUT2D eigenvalue weighted by Gasteiger charge is -2.24. The molecule has 5 heteroatoms. The third-order valence-electron chi connectivity index (χ3n) is 4.10. The summed E-state index contributed by atoms with van der Waals surface area (Å²) in [4.78, 5) is 27.0. The van der Waals surface area contributed by atoms with Crippen molar-refractivity contribution in [3.63, 3.8) is 0 Å². The molecule has 0 radical (unpaired) electrons. The van der Waals surface area contributed by atoms with Crippen LogP contribution in [0.15, 0.2) is 60.7 Å². The SMILES string of the molecule is O=C(Nc1ccccc1)N[C@H](C(=O)N1CCCC1)c1ccccc1.